The van der Waals surface area contributed by atoms with Gasteiger partial charge in [-0.15, -0.1) is 11.3 Å². The predicted octanol–water partition coefficient (Wildman–Crippen LogP) is 5.11. The molecule has 1 unspecified atom stereocenters. The third-order valence-electron chi connectivity index (χ3n) is 3.17. The smallest absolute Gasteiger partial charge is 0.412 e. The van der Waals surface area contributed by atoms with Crippen molar-refractivity contribution in [2.45, 2.75) is 46.3 Å². The van der Waals surface area contributed by atoms with E-state index in [2.05, 4.69) is 15.6 Å². The minimum Gasteiger partial charge on any atom is -0.444 e. The van der Waals surface area contributed by atoms with Crippen molar-refractivity contribution in [3.05, 3.63) is 40.1 Å². The number of aryl methyl sites for hydroxylation is 1. The normalized spacial score (nSPS) is 12.6. The molecule has 0 radical (unpaired) electrons. The Morgan fingerprint density at radius 2 is 2.04 bits per heavy atom. The molecular formula is C17H22FN3O2S. The number of hydrogen-bond acceptors (Lipinski definition) is 5. The summed E-state index contributed by atoms with van der Waals surface area (Å²) < 4.78 is 18.9. The van der Waals surface area contributed by atoms with E-state index in [1.807, 2.05) is 13.8 Å². The summed E-state index contributed by atoms with van der Waals surface area (Å²) in [6.07, 6.45) is -0.584. The van der Waals surface area contributed by atoms with Gasteiger partial charge in [-0.25, -0.2) is 14.2 Å². The lowest BCUT2D eigenvalue weighted by Gasteiger charge is -2.22. The van der Waals surface area contributed by atoms with Gasteiger partial charge in [0.1, 0.15) is 11.4 Å². The lowest BCUT2D eigenvalue weighted by molar-refractivity contribution is 0.0636. The molecule has 5 nitrogen and oxygen atoms in total. The Morgan fingerprint density at radius 1 is 1.33 bits per heavy atom. The third-order valence-corrected chi connectivity index (χ3v) is 4.28. The van der Waals surface area contributed by atoms with Gasteiger partial charge in [-0.3, -0.25) is 5.32 Å². The van der Waals surface area contributed by atoms with Crippen LogP contribution in [0.15, 0.2) is 23.7 Å². The van der Waals surface area contributed by atoms with Crippen LogP contribution in [0.5, 0.6) is 0 Å². The number of ether oxygens (including phenoxy) is 1. The van der Waals surface area contributed by atoms with E-state index >= 15 is 0 Å². The maximum Gasteiger partial charge on any atom is 0.412 e. The molecule has 0 aliphatic rings. The van der Waals surface area contributed by atoms with Crippen molar-refractivity contribution in [2.24, 2.45) is 0 Å². The van der Waals surface area contributed by atoms with Crippen LogP contribution in [-0.2, 0) is 4.74 Å². The Balaban J connectivity index is 2.18. The molecule has 0 fully saturated rings. The fourth-order valence-electron chi connectivity index (χ4n) is 2.18. The summed E-state index contributed by atoms with van der Waals surface area (Å²) in [5, 5.41) is 5.88. The monoisotopic (exact) mass is 351 g/mol. The Morgan fingerprint density at radius 3 is 2.62 bits per heavy atom. The summed E-state index contributed by atoms with van der Waals surface area (Å²) in [7, 11) is 0. The summed E-state index contributed by atoms with van der Waals surface area (Å²) in [5.41, 5.74) is 3.04. The molecule has 0 bridgehead atoms. The van der Waals surface area contributed by atoms with Crippen LogP contribution >= 0.6 is 11.3 Å². The molecule has 1 aromatic carbocycles. The topological polar surface area (TPSA) is 63.2 Å². The SMILES string of the molecule is Cc1ncsc1C(C)Nc1cc(F)ccc1NC(=O)OC(C)(C)C. The number of carbonyl (C=O) groups is 1. The number of hydrogen-bond donors (Lipinski definition) is 2. The first-order valence-electron chi connectivity index (χ1n) is 7.62. The van der Waals surface area contributed by atoms with Gasteiger partial charge in [0.25, 0.3) is 0 Å². The van der Waals surface area contributed by atoms with Crippen molar-refractivity contribution in [3.63, 3.8) is 0 Å². The summed E-state index contributed by atoms with van der Waals surface area (Å²) in [6, 6.07) is 4.08. The first-order chi connectivity index (χ1) is 11.2. The van der Waals surface area contributed by atoms with Gasteiger partial charge in [-0.05, 0) is 52.8 Å². The van der Waals surface area contributed by atoms with E-state index in [9.17, 15) is 9.18 Å². The largest absolute Gasteiger partial charge is 0.444 e. The van der Waals surface area contributed by atoms with Crippen LogP contribution in [0.4, 0.5) is 20.6 Å². The van der Waals surface area contributed by atoms with Gasteiger partial charge in [0.05, 0.1) is 28.6 Å². The first kappa shape index (κ1) is 18.2. The molecule has 0 spiro atoms. The van der Waals surface area contributed by atoms with E-state index in [-0.39, 0.29) is 11.9 Å². The van der Waals surface area contributed by atoms with Gasteiger partial charge in [0, 0.05) is 4.88 Å². The van der Waals surface area contributed by atoms with Crippen LogP contribution in [-0.4, -0.2) is 16.7 Å². The molecule has 0 aliphatic carbocycles. The summed E-state index contributed by atoms with van der Waals surface area (Å²) in [6.45, 7) is 9.24. The number of nitrogens with one attached hydrogen (secondary N) is 2. The van der Waals surface area contributed by atoms with Gasteiger partial charge in [-0.1, -0.05) is 0 Å². The number of thiazole rings is 1. The quantitative estimate of drug-likeness (QED) is 0.803. The third kappa shape index (κ3) is 4.92. The van der Waals surface area contributed by atoms with Gasteiger partial charge in [0.15, 0.2) is 0 Å². The first-order valence-corrected chi connectivity index (χ1v) is 8.50. The lowest BCUT2D eigenvalue weighted by Crippen LogP contribution is -2.27. The van der Waals surface area contributed by atoms with Crippen molar-refractivity contribution in [1.82, 2.24) is 4.98 Å². The van der Waals surface area contributed by atoms with Crippen LogP contribution in [0.3, 0.4) is 0 Å². The maximum absolute atomic E-state index is 13.6. The number of nitrogens with zero attached hydrogens (tertiary/aromatic N) is 1. The maximum atomic E-state index is 13.6. The molecule has 0 saturated carbocycles. The van der Waals surface area contributed by atoms with E-state index in [1.54, 1.807) is 26.3 Å². The van der Waals surface area contributed by atoms with E-state index in [0.29, 0.717) is 11.4 Å². The zero-order valence-corrected chi connectivity index (χ0v) is 15.3. The van der Waals surface area contributed by atoms with Gasteiger partial charge < -0.3 is 10.1 Å². The number of rotatable bonds is 4. The predicted molar refractivity (Wildman–Crippen MR) is 95.1 cm³/mol. The molecule has 2 N–H and O–H groups in total. The van der Waals surface area contributed by atoms with Crippen LogP contribution in [0.1, 0.15) is 44.3 Å². The van der Waals surface area contributed by atoms with E-state index in [4.69, 9.17) is 4.74 Å². The molecule has 24 heavy (non-hydrogen) atoms. The minimum absolute atomic E-state index is 0.0708. The van der Waals surface area contributed by atoms with E-state index in [0.717, 1.165) is 10.6 Å². The zero-order valence-electron chi connectivity index (χ0n) is 14.4. The van der Waals surface area contributed by atoms with Gasteiger partial charge >= 0.3 is 6.09 Å². The molecule has 1 atom stereocenters. The number of halogens is 1. The van der Waals surface area contributed by atoms with Crippen molar-refractivity contribution in [1.29, 1.82) is 0 Å². The highest BCUT2D eigenvalue weighted by Crippen LogP contribution is 2.30. The van der Waals surface area contributed by atoms with Gasteiger partial charge in [0.2, 0.25) is 0 Å². The number of anilines is 2. The standard InChI is InChI=1S/C17H22FN3O2S/c1-10-15(24-9-19-10)11(2)20-14-8-12(18)6-7-13(14)21-16(22)23-17(3,4)5/h6-9,11,20H,1-5H3,(H,21,22). The highest BCUT2D eigenvalue weighted by atomic mass is 32.1. The average Bonchev–Trinajstić information content (AvgIpc) is 2.86. The second-order valence-corrected chi connectivity index (χ2v) is 7.37. The molecule has 0 aliphatic heterocycles. The highest BCUT2D eigenvalue weighted by molar-refractivity contribution is 7.09. The number of amides is 1. The van der Waals surface area contributed by atoms with Crippen molar-refractivity contribution in [3.8, 4) is 0 Å². The van der Waals surface area contributed by atoms with Crippen LogP contribution in [0, 0.1) is 12.7 Å². The van der Waals surface area contributed by atoms with Gasteiger partial charge in [-0.2, -0.15) is 0 Å². The Labute approximate surface area is 145 Å². The van der Waals surface area contributed by atoms with E-state index in [1.165, 1.54) is 29.5 Å². The highest BCUT2D eigenvalue weighted by Gasteiger charge is 2.19. The van der Waals surface area contributed by atoms with Crippen molar-refractivity contribution >= 4 is 28.8 Å². The Hall–Kier alpha value is -2.15. The molecule has 130 valence electrons. The minimum atomic E-state index is -0.606. The fraction of sp³-hybridized carbons (Fsp3) is 0.412. The van der Waals surface area contributed by atoms with Crippen molar-refractivity contribution in [2.75, 3.05) is 10.6 Å². The summed E-state index contributed by atoms with van der Waals surface area (Å²) in [4.78, 5) is 17.3. The molecule has 0 saturated heterocycles. The Kier molecular flexibility index (Phi) is 5.43. The van der Waals surface area contributed by atoms with Crippen LogP contribution in [0.2, 0.25) is 0 Å². The number of benzene rings is 1. The second kappa shape index (κ2) is 7.17. The fourth-order valence-corrected chi connectivity index (χ4v) is 2.99. The summed E-state index contributed by atoms with van der Waals surface area (Å²) in [5.74, 6) is -0.388. The molecule has 7 heteroatoms. The molecule has 1 aromatic heterocycles. The molecule has 2 rings (SSSR count). The Bertz CT molecular complexity index is 725. The summed E-state index contributed by atoms with van der Waals surface area (Å²) >= 11 is 1.53. The molecular weight excluding hydrogens is 329 g/mol. The lowest BCUT2D eigenvalue weighted by atomic mass is 10.2. The molecule has 2 aromatic rings. The van der Waals surface area contributed by atoms with Crippen LogP contribution in [0.25, 0.3) is 0 Å². The average molecular weight is 351 g/mol. The van der Waals surface area contributed by atoms with Crippen LogP contribution < -0.4 is 10.6 Å². The number of aromatic nitrogens is 1. The second-order valence-electron chi connectivity index (χ2n) is 6.48. The molecule has 1 heterocycles. The van der Waals surface area contributed by atoms with E-state index < -0.39 is 11.7 Å². The zero-order chi connectivity index (χ0) is 17.9. The number of carbonyl (C=O) groups excluding carboxylic acids is 1. The van der Waals surface area contributed by atoms with Crippen molar-refractivity contribution < 1.29 is 13.9 Å². The molecule has 1 amide bonds.